The first-order valence-corrected chi connectivity index (χ1v) is 10.0. The Bertz CT molecular complexity index is 766. The van der Waals surface area contributed by atoms with Crippen LogP contribution in [0.25, 0.3) is 10.9 Å². The molecule has 0 bridgehead atoms. The maximum atomic E-state index is 4.89. The molecule has 0 atom stereocenters. The minimum Gasteiger partial charge on any atom is -0.381 e. The van der Waals surface area contributed by atoms with Crippen LogP contribution in [0.3, 0.4) is 0 Å². The average Bonchev–Trinajstić information content (AvgIpc) is 2.91. The number of aromatic nitrogens is 1. The van der Waals surface area contributed by atoms with Crippen molar-refractivity contribution in [3.63, 3.8) is 0 Å². The summed E-state index contributed by atoms with van der Waals surface area (Å²) in [4.78, 5) is 4.89. The van der Waals surface area contributed by atoms with Crippen molar-refractivity contribution < 1.29 is 0 Å². The van der Waals surface area contributed by atoms with Crippen molar-refractivity contribution in [2.24, 2.45) is 0 Å². The number of nitrogens with one attached hydrogen (secondary N) is 2. The molecule has 2 aliphatic rings. The van der Waals surface area contributed by atoms with Crippen molar-refractivity contribution in [2.45, 2.75) is 69.2 Å². The fourth-order valence-electron chi connectivity index (χ4n) is 4.62. The number of para-hydroxylation sites is 1. The fourth-order valence-corrected chi connectivity index (χ4v) is 5.67. The molecule has 0 saturated carbocycles. The topological polar surface area (TPSA) is 37.0 Å². The van der Waals surface area contributed by atoms with Gasteiger partial charge in [0.15, 0.2) is 0 Å². The molecule has 3 nitrogen and oxygen atoms in total. The van der Waals surface area contributed by atoms with Crippen LogP contribution in [0.1, 0.15) is 51.8 Å². The lowest BCUT2D eigenvalue weighted by atomic mass is 9.79. The van der Waals surface area contributed by atoms with Crippen LogP contribution >= 0.6 is 11.8 Å². The molecule has 2 N–H and O–H groups in total. The van der Waals surface area contributed by atoms with Crippen molar-refractivity contribution in [1.29, 1.82) is 0 Å². The summed E-state index contributed by atoms with van der Waals surface area (Å²) in [5.74, 6) is 2.12. The number of nitrogens with zero attached hydrogens (tertiary/aromatic N) is 1. The predicted molar refractivity (Wildman–Crippen MR) is 105 cm³/mol. The molecular formula is C20H27N3S. The fraction of sp³-hybridized carbons (Fsp3) is 0.550. The van der Waals surface area contributed by atoms with Gasteiger partial charge in [-0.1, -0.05) is 18.2 Å². The van der Waals surface area contributed by atoms with E-state index in [4.69, 9.17) is 4.98 Å². The van der Waals surface area contributed by atoms with Crippen molar-refractivity contribution >= 4 is 28.4 Å². The molecule has 0 spiro atoms. The van der Waals surface area contributed by atoms with E-state index in [1.54, 1.807) is 0 Å². The summed E-state index contributed by atoms with van der Waals surface area (Å²) in [6.07, 6.45) is 2.27. The Balaban J connectivity index is 1.74. The van der Waals surface area contributed by atoms with Gasteiger partial charge in [0.2, 0.25) is 0 Å². The van der Waals surface area contributed by atoms with Crippen LogP contribution in [0.5, 0.6) is 0 Å². The highest BCUT2D eigenvalue weighted by Crippen LogP contribution is 2.40. The second-order valence-corrected chi connectivity index (χ2v) is 9.55. The van der Waals surface area contributed by atoms with Gasteiger partial charge in [0.25, 0.3) is 0 Å². The molecule has 3 heterocycles. The molecule has 0 radical (unpaired) electrons. The van der Waals surface area contributed by atoms with Crippen LogP contribution in [0.2, 0.25) is 0 Å². The van der Waals surface area contributed by atoms with Gasteiger partial charge >= 0.3 is 0 Å². The molecule has 128 valence electrons. The maximum absolute atomic E-state index is 4.89. The molecule has 1 saturated heterocycles. The predicted octanol–water partition coefficient (Wildman–Crippen LogP) is 4.70. The number of thioether (sulfide) groups is 1. The van der Waals surface area contributed by atoms with Crippen molar-refractivity contribution in [3.05, 3.63) is 35.5 Å². The Kier molecular flexibility index (Phi) is 3.81. The largest absolute Gasteiger partial charge is 0.381 e. The monoisotopic (exact) mass is 341 g/mol. The molecule has 0 unspecified atom stereocenters. The number of anilines is 1. The van der Waals surface area contributed by atoms with Gasteiger partial charge in [-0.2, -0.15) is 11.8 Å². The van der Waals surface area contributed by atoms with Crippen LogP contribution in [-0.4, -0.2) is 22.1 Å². The second kappa shape index (κ2) is 5.63. The Morgan fingerprint density at radius 3 is 2.54 bits per heavy atom. The van der Waals surface area contributed by atoms with E-state index in [1.807, 2.05) is 11.8 Å². The lowest BCUT2D eigenvalue weighted by Crippen LogP contribution is -2.60. The van der Waals surface area contributed by atoms with Crippen LogP contribution < -0.4 is 10.6 Å². The van der Waals surface area contributed by atoms with Gasteiger partial charge in [-0.25, -0.2) is 0 Å². The highest BCUT2D eigenvalue weighted by molar-refractivity contribution is 7.98. The molecule has 1 fully saturated rings. The molecule has 24 heavy (non-hydrogen) atoms. The van der Waals surface area contributed by atoms with Crippen molar-refractivity contribution in [1.82, 2.24) is 10.3 Å². The summed E-state index contributed by atoms with van der Waals surface area (Å²) < 4.78 is 0. The van der Waals surface area contributed by atoms with E-state index in [2.05, 4.69) is 62.6 Å². The van der Waals surface area contributed by atoms with E-state index < -0.39 is 0 Å². The van der Waals surface area contributed by atoms with Gasteiger partial charge in [-0.15, -0.1) is 0 Å². The molecule has 4 heteroatoms. The number of pyridine rings is 1. The number of benzene rings is 1. The maximum Gasteiger partial charge on any atom is 0.0726 e. The van der Waals surface area contributed by atoms with E-state index in [1.165, 1.54) is 22.3 Å². The van der Waals surface area contributed by atoms with E-state index in [9.17, 15) is 0 Å². The molecule has 1 aromatic heterocycles. The Morgan fingerprint density at radius 1 is 1.08 bits per heavy atom. The third-order valence-electron chi connectivity index (χ3n) is 5.10. The normalized spacial score (nSPS) is 22.5. The average molecular weight is 342 g/mol. The lowest BCUT2D eigenvalue weighted by Gasteiger charge is -2.47. The zero-order valence-corrected chi connectivity index (χ0v) is 15.9. The van der Waals surface area contributed by atoms with Gasteiger partial charge in [-0.05, 0) is 46.6 Å². The molecule has 0 amide bonds. The Morgan fingerprint density at radius 2 is 1.79 bits per heavy atom. The van der Waals surface area contributed by atoms with Gasteiger partial charge in [0.1, 0.15) is 0 Å². The molecule has 2 aliphatic heterocycles. The van der Waals surface area contributed by atoms with Crippen molar-refractivity contribution in [2.75, 3.05) is 5.32 Å². The minimum absolute atomic E-state index is 0.153. The summed E-state index contributed by atoms with van der Waals surface area (Å²) in [6, 6.07) is 9.05. The Hall–Kier alpha value is -1.26. The summed E-state index contributed by atoms with van der Waals surface area (Å²) in [6.45, 7) is 9.25. The molecule has 2 aromatic rings. The third-order valence-corrected chi connectivity index (χ3v) is 6.07. The van der Waals surface area contributed by atoms with Crippen LogP contribution in [-0.2, 0) is 11.5 Å². The molecule has 1 aromatic carbocycles. The summed E-state index contributed by atoms with van der Waals surface area (Å²) in [7, 11) is 0. The first-order valence-electron chi connectivity index (χ1n) is 8.87. The van der Waals surface area contributed by atoms with Crippen LogP contribution in [0, 0.1) is 0 Å². The highest BCUT2D eigenvalue weighted by Gasteiger charge is 2.38. The minimum atomic E-state index is 0.153. The van der Waals surface area contributed by atoms with E-state index in [0.717, 1.165) is 29.9 Å². The summed E-state index contributed by atoms with van der Waals surface area (Å²) in [5.41, 5.74) is 5.45. The zero-order valence-electron chi connectivity index (χ0n) is 15.1. The van der Waals surface area contributed by atoms with Gasteiger partial charge in [-0.3, -0.25) is 4.98 Å². The quantitative estimate of drug-likeness (QED) is 0.830. The third kappa shape index (κ3) is 3.02. The zero-order chi connectivity index (χ0) is 16.9. The van der Waals surface area contributed by atoms with Crippen LogP contribution in [0.15, 0.2) is 24.3 Å². The lowest BCUT2D eigenvalue weighted by molar-refractivity contribution is 0.170. The SMILES string of the molecule is CC1(C)CC(Nc2c3c(nc4ccccc24)CSC3)CC(C)(C)N1. The summed E-state index contributed by atoms with van der Waals surface area (Å²) in [5, 5.41) is 8.99. The van der Waals surface area contributed by atoms with E-state index in [-0.39, 0.29) is 11.1 Å². The summed E-state index contributed by atoms with van der Waals surface area (Å²) >= 11 is 1.97. The highest BCUT2D eigenvalue weighted by atomic mass is 32.2. The molecule has 4 rings (SSSR count). The second-order valence-electron chi connectivity index (χ2n) is 8.56. The number of rotatable bonds is 2. The number of fused-ring (bicyclic) bond motifs is 2. The van der Waals surface area contributed by atoms with Crippen molar-refractivity contribution in [3.8, 4) is 0 Å². The Labute approximate surface area is 149 Å². The number of piperidine rings is 1. The smallest absolute Gasteiger partial charge is 0.0726 e. The molecular weight excluding hydrogens is 314 g/mol. The van der Waals surface area contributed by atoms with E-state index in [0.29, 0.717) is 6.04 Å². The van der Waals surface area contributed by atoms with Gasteiger partial charge in [0, 0.05) is 45.3 Å². The van der Waals surface area contributed by atoms with Gasteiger partial charge < -0.3 is 10.6 Å². The number of hydrogen-bond donors (Lipinski definition) is 2. The molecule has 0 aliphatic carbocycles. The standard InChI is InChI=1S/C20H27N3S/c1-19(2)9-13(10-20(3,4)23-19)21-18-14-7-5-6-8-16(14)22-17-12-24-11-15(17)18/h5-8,13,23H,9-12H2,1-4H3,(H,21,22). The number of hydrogen-bond acceptors (Lipinski definition) is 4. The van der Waals surface area contributed by atoms with E-state index >= 15 is 0 Å². The van der Waals surface area contributed by atoms with Gasteiger partial charge in [0.05, 0.1) is 11.2 Å². The first kappa shape index (κ1) is 16.2. The first-order chi connectivity index (χ1) is 11.3. The van der Waals surface area contributed by atoms with Crippen LogP contribution in [0.4, 0.5) is 5.69 Å².